The van der Waals surface area contributed by atoms with Crippen molar-refractivity contribution < 1.29 is 9.53 Å². The number of hydrogen-bond donors (Lipinski definition) is 1. The monoisotopic (exact) mass is 351 g/mol. The fourth-order valence-corrected chi connectivity index (χ4v) is 3.58. The number of ketones is 1. The lowest BCUT2D eigenvalue weighted by Gasteiger charge is -2.15. The van der Waals surface area contributed by atoms with Crippen LogP contribution in [0.2, 0.25) is 0 Å². The third-order valence-electron chi connectivity index (χ3n) is 4.81. The summed E-state index contributed by atoms with van der Waals surface area (Å²) in [6.45, 7) is 0. The molecule has 0 aromatic heterocycles. The smallest absolute Gasteiger partial charge is 0.194 e. The first-order valence-electron chi connectivity index (χ1n) is 8.20. The van der Waals surface area contributed by atoms with Gasteiger partial charge in [-0.05, 0) is 23.3 Å². The van der Waals surface area contributed by atoms with E-state index < -0.39 is 0 Å². The summed E-state index contributed by atoms with van der Waals surface area (Å²) in [6, 6.07) is 18.3. The Morgan fingerprint density at radius 1 is 0.852 bits per heavy atom. The molecule has 0 radical (unpaired) electrons. The molecule has 0 spiro atoms. The number of rotatable bonds is 2. The molecule has 5 nitrogen and oxygen atoms in total. The Hall–Kier alpha value is -4.09. The molecule has 0 amide bonds. The van der Waals surface area contributed by atoms with Gasteiger partial charge in [0.05, 0.1) is 23.9 Å². The summed E-state index contributed by atoms with van der Waals surface area (Å²) >= 11 is 0. The quantitative estimate of drug-likeness (QED) is 0.552. The fourth-order valence-electron chi connectivity index (χ4n) is 3.58. The van der Waals surface area contributed by atoms with E-state index in [2.05, 4.69) is 12.1 Å². The van der Waals surface area contributed by atoms with Gasteiger partial charge in [0.1, 0.15) is 17.9 Å². The number of nitrogens with two attached hydrogens (primary N) is 1. The second kappa shape index (κ2) is 6.01. The Kier molecular flexibility index (Phi) is 3.65. The third-order valence-corrected chi connectivity index (χ3v) is 4.81. The summed E-state index contributed by atoms with van der Waals surface area (Å²) in [5.74, 6) is 0.449. The lowest BCUT2D eigenvalue weighted by atomic mass is 9.86. The van der Waals surface area contributed by atoms with Crippen LogP contribution in [0.5, 0.6) is 5.75 Å². The molecule has 1 aliphatic carbocycles. The van der Waals surface area contributed by atoms with Crippen molar-refractivity contribution in [2.75, 3.05) is 12.8 Å². The number of nitrogen functional groups attached to an aromatic ring is 1. The first-order chi connectivity index (χ1) is 13.1. The largest absolute Gasteiger partial charge is 0.497 e. The maximum Gasteiger partial charge on any atom is 0.194 e. The first-order valence-corrected chi connectivity index (χ1v) is 8.20. The summed E-state index contributed by atoms with van der Waals surface area (Å²) in [5, 5.41) is 19.4. The molecule has 0 unspecified atom stereocenters. The lowest BCUT2D eigenvalue weighted by Crippen LogP contribution is -2.06. The summed E-state index contributed by atoms with van der Waals surface area (Å²) in [7, 11) is 1.56. The number of anilines is 1. The Labute approximate surface area is 155 Å². The summed E-state index contributed by atoms with van der Waals surface area (Å²) in [5.41, 5.74) is 9.73. The van der Waals surface area contributed by atoms with Gasteiger partial charge in [0.2, 0.25) is 0 Å². The number of methoxy groups -OCH3 is 1. The van der Waals surface area contributed by atoms with Crippen LogP contribution in [0.25, 0.3) is 22.3 Å². The van der Waals surface area contributed by atoms with E-state index in [0.717, 1.165) is 0 Å². The molecule has 0 aliphatic heterocycles. The average molecular weight is 351 g/mol. The zero-order chi connectivity index (χ0) is 19.1. The van der Waals surface area contributed by atoms with Gasteiger partial charge >= 0.3 is 0 Å². The maximum absolute atomic E-state index is 13.2. The number of ether oxygens (including phenoxy) is 1. The number of nitriles is 2. The van der Waals surface area contributed by atoms with Gasteiger partial charge in [-0.2, -0.15) is 10.5 Å². The van der Waals surface area contributed by atoms with Crippen LogP contribution in [-0.2, 0) is 0 Å². The van der Waals surface area contributed by atoms with Crippen LogP contribution in [0, 0.1) is 22.7 Å². The van der Waals surface area contributed by atoms with Gasteiger partial charge in [-0.1, -0.05) is 36.4 Å². The molecule has 0 saturated heterocycles. The van der Waals surface area contributed by atoms with Crippen LogP contribution in [0.4, 0.5) is 5.69 Å². The van der Waals surface area contributed by atoms with Gasteiger partial charge in [-0.25, -0.2) is 0 Å². The van der Waals surface area contributed by atoms with Crippen molar-refractivity contribution in [1.29, 1.82) is 10.5 Å². The van der Waals surface area contributed by atoms with Crippen LogP contribution >= 0.6 is 0 Å². The predicted octanol–water partition coefficient (Wildman–Crippen LogP) is 3.90. The van der Waals surface area contributed by atoms with Gasteiger partial charge in [0.15, 0.2) is 5.78 Å². The molecule has 4 rings (SSSR count). The van der Waals surface area contributed by atoms with E-state index >= 15 is 0 Å². The lowest BCUT2D eigenvalue weighted by molar-refractivity contribution is 0.104. The van der Waals surface area contributed by atoms with E-state index in [1.807, 2.05) is 6.07 Å². The van der Waals surface area contributed by atoms with Gasteiger partial charge in [-0.15, -0.1) is 0 Å². The Bertz CT molecular complexity index is 1200. The SMILES string of the molecule is COc1ccc(-c2c(C#N)c(N)c(C#N)c3c2C(=O)c2ccccc2-3)cc1. The van der Waals surface area contributed by atoms with Crippen molar-refractivity contribution in [2.45, 2.75) is 0 Å². The summed E-state index contributed by atoms with van der Waals surface area (Å²) in [4.78, 5) is 13.2. The minimum absolute atomic E-state index is 0.0917. The molecule has 0 atom stereocenters. The molecule has 3 aromatic rings. The van der Waals surface area contributed by atoms with Crippen LogP contribution < -0.4 is 10.5 Å². The van der Waals surface area contributed by atoms with E-state index in [1.54, 1.807) is 49.6 Å². The van der Waals surface area contributed by atoms with Crippen molar-refractivity contribution in [3.63, 3.8) is 0 Å². The highest BCUT2D eigenvalue weighted by Gasteiger charge is 2.35. The number of benzene rings is 3. The second-order valence-corrected chi connectivity index (χ2v) is 6.12. The zero-order valence-electron chi connectivity index (χ0n) is 14.4. The van der Waals surface area contributed by atoms with Gasteiger partial charge in [0.25, 0.3) is 0 Å². The molecule has 0 bridgehead atoms. The number of carbonyl (C=O) groups excluding carboxylic acids is 1. The molecule has 2 N–H and O–H groups in total. The van der Waals surface area contributed by atoms with Crippen LogP contribution in [0.15, 0.2) is 48.5 Å². The van der Waals surface area contributed by atoms with Gasteiger partial charge < -0.3 is 10.5 Å². The highest BCUT2D eigenvalue weighted by atomic mass is 16.5. The maximum atomic E-state index is 13.2. The number of hydrogen-bond acceptors (Lipinski definition) is 5. The molecule has 0 fully saturated rings. The number of carbonyl (C=O) groups is 1. The van der Waals surface area contributed by atoms with Gasteiger partial charge in [-0.3, -0.25) is 4.79 Å². The number of fused-ring (bicyclic) bond motifs is 3. The van der Waals surface area contributed by atoms with E-state index in [4.69, 9.17) is 10.5 Å². The van der Waals surface area contributed by atoms with Crippen LogP contribution in [-0.4, -0.2) is 12.9 Å². The molecule has 0 heterocycles. The standard InChI is InChI=1S/C22H13N3O2/c1-27-13-8-6-12(7-9-13)18-16(10-23)21(25)17(11-24)19-14-4-2-3-5-15(14)22(26)20(18)19/h2-9H,25H2,1H3. The first kappa shape index (κ1) is 16.4. The third kappa shape index (κ3) is 2.19. The summed E-state index contributed by atoms with van der Waals surface area (Å²) < 4.78 is 5.19. The Morgan fingerprint density at radius 3 is 2.04 bits per heavy atom. The second-order valence-electron chi connectivity index (χ2n) is 6.12. The molecule has 0 saturated carbocycles. The van der Waals surface area contributed by atoms with Crippen molar-refractivity contribution >= 4 is 11.5 Å². The molecule has 128 valence electrons. The van der Waals surface area contributed by atoms with E-state index in [1.165, 1.54) is 0 Å². The molecule has 27 heavy (non-hydrogen) atoms. The zero-order valence-corrected chi connectivity index (χ0v) is 14.4. The average Bonchev–Trinajstić information content (AvgIpc) is 3.00. The molecule has 1 aliphatic rings. The fraction of sp³-hybridized carbons (Fsp3) is 0.0455. The van der Waals surface area contributed by atoms with E-state index in [0.29, 0.717) is 39.1 Å². The molecule has 3 aromatic carbocycles. The topological polar surface area (TPSA) is 99.9 Å². The minimum atomic E-state index is -0.209. The van der Waals surface area contributed by atoms with Crippen molar-refractivity contribution in [3.05, 3.63) is 70.8 Å². The molecular formula is C22H13N3O2. The van der Waals surface area contributed by atoms with Crippen molar-refractivity contribution in [3.8, 4) is 40.1 Å². The van der Waals surface area contributed by atoms with Gasteiger partial charge in [0, 0.05) is 22.3 Å². The normalized spacial score (nSPS) is 11.3. The van der Waals surface area contributed by atoms with E-state index in [9.17, 15) is 15.3 Å². The minimum Gasteiger partial charge on any atom is -0.497 e. The summed E-state index contributed by atoms with van der Waals surface area (Å²) in [6.07, 6.45) is 0. The predicted molar refractivity (Wildman–Crippen MR) is 101 cm³/mol. The van der Waals surface area contributed by atoms with Crippen LogP contribution in [0.1, 0.15) is 27.0 Å². The highest BCUT2D eigenvalue weighted by molar-refractivity contribution is 6.26. The molecule has 5 heteroatoms. The van der Waals surface area contributed by atoms with Crippen LogP contribution in [0.3, 0.4) is 0 Å². The van der Waals surface area contributed by atoms with Crippen molar-refractivity contribution in [2.24, 2.45) is 0 Å². The highest BCUT2D eigenvalue weighted by Crippen LogP contribution is 2.47. The molecular weight excluding hydrogens is 338 g/mol. The number of nitrogens with zero attached hydrogens (tertiary/aromatic N) is 2. The Balaban J connectivity index is 2.15. The van der Waals surface area contributed by atoms with Crippen molar-refractivity contribution in [1.82, 2.24) is 0 Å². The Morgan fingerprint density at radius 2 is 1.44 bits per heavy atom. The van der Waals surface area contributed by atoms with E-state index in [-0.39, 0.29) is 22.6 Å².